The molecule has 0 bridgehead atoms. The molecule has 4 rings (SSSR count). The van der Waals surface area contributed by atoms with Gasteiger partial charge in [0.2, 0.25) is 6.10 Å². The topological polar surface area (TPSA) is 67.6 Å². The van der Waals surface area contributed by atoms with Crippen molar-refractivity contribution in [2.45, 2.75) is 43.9 Å². The van der Waals surface area contributed by atoms with E-state index in [0.29, 0.717) is 37.4 Å². The summed E-state index contributed by atoms with van der Waals surface area (Å²) >= 11 is 0. The van der Waals surface area contributed by atoms with Crippen LogP contribution in [-0.2, 0) is 17.6 Å². The maximum absolute atomic E-state index is 13.5. The molecule has 1 aromatic heterocycles. The number of nitrogens with zero attached hydrogens (tertiary/aromatic N) is 3. The molecule has 6 nitrogen and oxygen atoms in total. The van der Waals surface area contributed by atoms with Gasteiger partial charge in [-0.2, -0.15) is 18.3 Å². The number of hydrogen-bond acceptors (Lipinski definition) is 4. The van der Waals surface area contributed by atoms with Gasteiger partial charge >= 0.3 is 12.3 Å². The highest BCUT2D eigenvalue weighted by Gasteiger charge is 2.43. The molecule has 0 radical (unpaired) electrons. The molecule has 1 saturated heterocycles. The quantitative estimate of drug-likeness (QED) is 0.762. The molecule has 3 heterocycles. The Bertz CT molecular complexity index is 987. The van der Waals surface area contributed by atoms with Gasteiger partial charge in [-0.3, -0.25) is 0 Å². The number of halogens is 4. The van der Waals surface area contributed by atoms with Crippen LogP contribution in [-0.4, -0.2) is 57.9 Å². The predicted octanol–water partition coefficient (Wildman–Crippen LogP) is 3.35. The molecule has 0 saturated carbocycles. The summed E-state index contributed by atoms with van der Waals surface area (Å²) in [6.45, 7) is -1.02. The lowest BCUT2D eigenvalue weighted by Crippen LogP contribution is -2.44. The summed E-state index contributed by atoms with van der Waals surface area (Å²) in [6, 6.07) is 4.77. The van der Waals surface area contributed by atoms with Crippen molar-refractivity contribution in [3.8, 4) is 5.69 Å². The third kappa shape index (κ3) is 4.00. The van der Waals surface area contributed by atoms with Crippen molar-refractivity contribution in [1.82, 2.24) is 14.7 Å². The smallest absolute Gasteiger partial charge is 0.427 e. The number of hydrogen-bond donors (Lipinski definition) is 1. The average Bonchev–Trinajstić information content (AvgIpc) is 3.07. The largest absolute Gasteiger partial charge is 0.434 e. The number of piperidine rings is 1. The number of carbonyl (C=O) groups is 1. The molecule has 2 aliphatic heterocycles. The number of rotatable bonds is 3. The highest BCUT2D eigenvalue weighted by molar-refractivity contribution is 5.68. The lowest BCUT2D eigenvalue weighted by Gasteiger charge is -2.31. The summed E-state index contributed by atoms with van der Waals surface area (Å²) in [6.07, 6.45) is -6.50. The minimum Gasteiger partial charge on any atom is -0.434 e. The number of fused-ring (bicyclic) bond motifs is 3. The van der Waals surface area contributed by atoms with Gasteiger partial charge in [0.15, 0.2) is 0 Å². The van der Waals surface area contributed by atoms with Gasteiger partial charge < -0.3 is 14.7 Å². The highest BCUT2D eigenvalue weighted by atomic mass is 19.4. The normalized spacial score (nSPS) is 18.4. The fourth-order valence-electron chi connectivity index (χ4n) is 3.90. The van der Waals surface area contributed by atoms with Crippen LogP contribution in [0.2, 0.25) is 0 Å². The first-order valence-electron chi connectivity index (χ1n) is 10.2. The van der Waals surface area contributed by atoms with E-state index in [0.717, 1.165) is 16.9 Å². The number of aryl methyl sites for hydroxylation is 1. The van der Waals surface area contributed by atoms with Crippen LogP contribution in [0, 0.1) is 5.82 Å². The van der Waals surface area contributed by atoms with E-state index in [9.17, 15) is 22.4 Å². The summed E-state index contributed by atoms with van der Waals surface area (Å²) in [4.78, 5) is 13.2. The molecule has 1 fully saturated rings. The van der Waals surface area contributed by atoms with Crippen molar-refractivity contribution in [3.05, 3.63) is 47.0 Å². The van der Waals surface area contributed by atoms with Crippen LogP contribution in [0.25, 0.3) is 5.69 Å². The van der Waals surface area contributed by atoms with Gasteiger partial charge in [-0.1, -0.05) is 0 Å². The van der Waals surface area contributed by atoms with E-state index in [1.165, 1.54) is 17.0 Å². The summed E-state index contributed by atoms with van der Waals surface area (Å²) in [7, 11) is 0. The SMILES string of the molecule is [2H]c1c(C2CCN(C(=O)OC(CO)C(F)(F)F)CC2)nn2c1CCc1cc(F)ccc1-2. The third-order valence-electron chi connectivity index (χ3n) is 5.55. The molecule has 0 spiro atoms. The Kier molecular flexibility index (Phi) is 5.10. The van der Waals surface area contributed by atoms with E-state index in [4.69, 9.17) is 6.48 Å². The van der Waals surface area contributed by atoms with Crippen molar-refractivity contribution in [2.75, 3.05) is 19.7 Å². The van der Waals surface area contributed by atoms with Gasteiger partial charge in [0, 0.05) is 24.7 Å². The van der Waals surface area contributed by atoms with Crippen molar-refractivity contribution in [3.63, 3.8) is 0 Å². The number of aromatic nitrogens is 2. The number of carbonyl (C=O) groups excluding carboxylic acids is 1. The maximum atomic E-state index is 13.5. The van der Waals surface area contributed by atoms with Crippen LogP contribution in [0.4, 0.5) is 22.4 Å². The minimum absolute atomic E-state index is 0.130. The first-order chi connectivity index (χ1) is 14.7. The number of aliphatic hydroxyl groups is 1. The molecule has 2 aliphatic rings. The number of amides is 1. The third-order valence-corrected chi connectivity index (χ3v) is 5.55. The van der Waals surface area contributed by atoms with E-state index >= 15 is 0 Å². The molecule has 1 atom stereocenters. The minimum atomic E-state index is -4.84. The average molecular weight is 428 g/mol. The van der Waals surface area contributed by atoms with Crippen molar-refractivity contribution < 1.29 is 33.6 Å². The fourth-order valence-corrected chi connectivity index (χ4v) is 3.90. The summed E-state index contributed by atoms with van der Waals surface area (Å²) < 4.78 is 66.3. The molecular weight excluding hydrogens is 406 g/mol. The zero-order chi connectivity index (χ0) is 22.3. The molecule has 0 aliphatic carbocycles. The molecule has 1 amide bonds. The van der Waals surface area contributed by atoms with Crippen molar-refractivity contribution in [1.29, 1.82) is 0 Å². The maximum Gasteiger partial charge on any atom is 0.427 e. The predicted molar refractivity (Wildman–Crippen MR) is 97.9 cm³/mol. The molecule has 1 N–H and O–H groups in total. The second-order valence-electron chi connectivity index (χ2n) is 7.50. The standard InChI is InChI=1S/C20H21F4N3O3/c21-14-2-4-17-13(9-14)1-3-15-10-16(25-27(15)17)12-5-7-26(8-6-12)19(29)30-18(11-28)20(22,23)24/h2,4,9-10,12,18,28H,1,3,5-8,11H2/i10D. The Hall–Kier alpha value is -2.62. The number of likely N-dealkylation sites (tertiary alicyclic amines) is 1. The van der Waals surface area contributed by atoms with Crippen LogP contribution in [0.1, 0.15) is 37.1 Å². The van der Waals surface area contributed by atoms with Gasteiger partial charge in [0.25, 0.3) is 0 Å². The first-order valence-corrected chi connectivity index (χ1v) is 9.69. The van der Waals surface area contributed by atoms with Crippen LogP contribution in [0.3, 0.4) is 0 Å². The van der Waals surface area contributed by atoms with Crippen LogP contribution in [0.15, 0.2) is 24.2 Å². The Morgan fingerprint density at radius 1 is 1.33 bits per heavy atom. The van der Waals surface area contributed by atoms with E-state index < -0.39 is 25.0 Å². The van der Waals surface area contributed by atoms with E-state index in [-0.39, 0.29) is 24.8 Å². The molecular formula is C20H21F4N3O3. The Labute approximate surface area is 171 Å². The number of ether oxygens (including phenoxy) is 1. The van der Waals surface area contributed by atoms with Gasteiger partial charge in [0.05, 0.1) is 19.4 Å². The van der Waals surface area contributed by atoms with Gasteiger partial charge in [-0.25, -0.2) is 13.9 Å². The zero-order valence-electron chi connectivity index (χ0n) is 17.0. The second kappa shape index (κ2) is 7.90. The van der Waals surface area contributed by atoms with E-state index in [2.05, 4.69) is 9.84 Å². The lowest BCUT2D eigenvalue weighted by molar-refractivity contribution is -0.214. The van der Waals surface area contributed by atoms with Crippen molar-refractivity contribution in [2.24, 2.45) is 0 Å². The first kappa shape index (κ1) is 19.3. The van der Waals surface area contributed by atoms with Crippen molar-refractivity contribution >= 4 is 6.09 Å². The van der Waals surface area contributed by atoms with Crippen LogP contribution >= 0.6 is 0 Å². The van der Waals surface area contributed by atoms with Crippen LogP contribution in [0.5, 0.6) is 0 Å². The molecule has 30 heavy (non-hydrogen) atoms. The Morgan fingerprint density at radius 2 is 2.07 bits per heavy atom. The Morgan fingerprint density at radius 3 is 2.73 bits per heavy atom. The molecule has 1 unspecified atom stereocenters. The fraction of sp³-hybridized carbons (Fsp3) is 0.500. The van der Waals surface area contributed by atoms with Gasteiger partial charge in [-0.15, -0.1) is 0 Å². The number of aliphatic hydroxyl groups excluding tert-OH is 1. The highest BCUT2D eigenvalue weighted by Crippen LogP contribution is 2.32. The van der Waals surface area contributed by atoms with E-state index in [1.54, 1.807) is 10.7 Å². The number of alkyl halides is 3. The zero-order valence-corrected chi connectivity index (χ0v) is 16.0. The summed E-state index contributed by atoms with van der Waals surface area (Å²) in [5, 5.41) is 13.4. The van der Waals surface area contributed by atoms with Gasteiger partial charge in [-0.05, 0) is 55.5 Å². The van der Waals surface area contributed by atoms with Gasteiger partial charge in [0.1, 0.15) is 5.82 Å². The molecule has 10 heteroatoms. The Balaban J connectivity index is 1.46. The molecule has 2 aromatic rings. The molecule has 1 aromatic carbocycles. The lowest BCUT2D eigenvalue weighted by atomic mass is 9.93. The summed E-state index contributed by atoms with van der Waals surface area (Å²) in [5.74, 6) is -0.455. The van der Waals surface area contributed by atoms with Crippen LogP contribution < -0.4 is 0 Å². The molecule has 162 valence electrons. The summed E-state index contributed by atoms with van der Waals surface area (Å²) in [5.41, 5.74) is 2.88. The second-order valence-corrected chi connectivity index (χ2v) is 7.50. The monoisotopic (exact) mass is 428 g/mol. The van der Waals surface area contributed by atoms with E-state index in [1.807, 2.05) is 0 Å². The number of benzene rings is 1.